The lowest BCUT2D eigenvalue weighted by Crippen LogP contribution is -2.29. The fourth-order valence-corrected chi connectivity index (χ4v) is 3.11. The lowest BCUT2D eigenvalue weighted by atomic mass is 10.1. The number of benzene rings is 1. The number of aryl methyl sites for hydroxylation is 1. The van der Waals surface area contributed by atoms with Crippen LogP contribution in [0.4, 0.5) is 5.13 Å². The highest BCUT2D eigenvalue weighted by Crippen LogP contribution is 2.29. The van der Waals surface area contributed by atoms with Crippen LogP contribution in [-0.4, -0.2) is 10.9 Å². The van der Waals surface area contributed by atoms with Gasteiger partial charge >= 0.3 is 0 Å². The molecule has 1 amide bonds. The highest BCUT2D eigenvalue weighted by Gasteiger charge is 2.19. The van der Waals surface area contributed by atoms with Gasteiger partial charge in [0, 0.05) is 17.4 Å². The summed E-state index contributed by atoms with van der Waals surface area (Å²) in [5.74, 6) is 0.782. The van der Waals surface area contributed by atoms with E-state index >= 15 is 0 Å². The SMILES string of the molecule is CCC(=O)N(Cc1ccco1)c1nc(-c2ccc(C)cc2)cs1. The molecule has 0 spiro atoms. The van der Waals surface area contributed by atoms with Crippen molar-refractivity contribution in [3.05, 3.63) is 59.4 Å². The van der Waals surface area contributed by atoms with E-state index in [1.807, 2.05) is 36.6 Å². The summed E-state index contributed by atoms with van der Waals surface area (Å²) >= 11 is 1.47. The van der Waals surface area contributed by atoms with E-state index in [1.54, 1.807) is 11.2 Å². The van der Waals surface area contributed by atoms with Gasteiger partial charge in [0.1, 0.15) is 5.76 Å². The first-order valence-electron chi connectivity index (χ1n) is 7.52. The molecule has 0 aliphatic heterocycles. The number of carbonyl (C=O) groups is 1. The van der Waals surface area contributed by atoms with E-state index in [1.165, 1.54) is 16.9 Å². The second kappa shape index (κ2) is 6.79. The number of hydrogen-bond donors (Lipinski definition) is 0. The van der Waals surface area contributed by atoms with Crippen LogP contribution in [0.3, 0.4) is 0 Å². The van der Waals surface area contributed by atoms with Crippen LogP contribution < -0.4 is 4.90 Å². The van der Waals surface area contributed by atoms with Crippen LogP contribution in [0.15, 0.2) is 52.5 Å². The molecule has 0 atom stereocenters. The average molecular weight is 326 g/mol. The van der Waals surface area contributed by atoms with E-state index in [9.17, 15) is 4.79 Å². The molecule has 1 aromatic carbocycles. The Morgan fingerprint density at radius 1 is 1.26 bits per heavy atom. The van der Waals surface area contributed by atoms with Gasteiger partial charge in [-0.05, 0) is 19.1 Å². The highest BCUT2D eigenvalue weighted by molar-refractivity contribution is 7.14. The molecule has 0 fully saturated rings. The summed E-state index contributed by atoms with van der Waals surface area (Å²) in [6.07, 6.45) is 2.05. The zero-order chi connectivity index (χ0) is 16.2. The van der Waals surface area contributed by atoms with Crippen LogP contribution in [0, 0.1) is 6.92 Å². The van der Waals surface area contributed by atoms with Gasteiger partial charge in [0.2, 0.25) is 5.91 Å². The predicted octanol–water partition coefficient (Wildman–Crippen LogP) is 4.65. The number of rotatable bonds is 5. The number of nitrogens with zero attached hydrogens (tertiary/aromatic N) is 2. The van der Waals surface area contributed by atoms with Gasteiger partial charge in [-0.3, -0.25) is 9.69 Å². The van der Waals surface area contributed by atoms with Crippen LogP contribution in [-0.2, 0) is 11.3 Å². The minimum atomic E-state index is 0.0335. The molecule has 0 N–H and O–H groups in total. The lowest BCUT2D eigenvalue weighted by molar-refractivity contribution is -0.118. The molecular formula is C18H18N2O2S. The van der Waals surface area contributed by atoms with Gasteiger partial charge in [-0.25, -0.2) is 4.98 Å². The fraction of sp³-hybridized carbons (Fsp3) is 0.222. The van der Waals surface area contributed by atoms with Crippen molar-refractivity contribution in [2.24, 2.45) is 0 Å². The Morgan fingerprint density at radius 3 is 2.70 bits per heavy atom. The first-order chi connectivity index (χ1) is 11.2. The molecule has 2 aromatic heterocycles. The molecule has 0 saturated carbocycles. The summed E-state index contributed by atoms with van der Waals surface area (Å²) in [6.45, 7) is 4.31. The van der Waals surface area contributed by atoms with E-state index in [4.69, 9.17) is 4.42 Å². The smallest absolute Gasteiger partial charge is 0.228 e. The van der Waals surface area contributed by atoms with Gasteiger partial charge in [0.05, 0.1) is 18.5 Å². The summed E-state index contributed by atoms with van der Waals surface area (Å²) in [4.78, 5) is 18.6. The molecule has 3 aromatic rings. The highest BCUT2D eigenvalue weighted by atomic mass is 32.1. The second-order valence-corrected chi connectivity index (χ2v) is 6.13. The van der Waals surface area contributed by atoms with Crippen molar-refractivity contribution >= 4 is 22.4 Å². The van der Waals surface area contributed by atoms with Gasteiger partial charge in [-0.2, -0.15) is 0 Å². The van der Waals surface area contributed by atoms with Crippen LogP contribution in [0.5, 0.6) is 0 Å². The summed E-state index contributed by atoms with van der Waals surface area (Å²) in [5.41, 5.74) is 3.16. The van der Waals surface area contributed by atoms with Gasteiger partial charge < -0.3 is 4.42 Å². The topological polar surface area (TPSA) is 46.3 Å². The third kappa shape index (κ3) is 3.51. The second-order valence-electron chi connectivity index (χ2n) is 5.29. The molecule has 0 aliphatic rings. The first-order valence-corrected chi connectivity index (χ1v) is 8.40. The van der Waals surface area contributed by atoms with Crippen molar-refractivity contribution in [3.63, 3.8) is 0 Å². The van der Waals surface area contributed by atoms with Gasteiger partial charge in [-0.15, -0.1) is 11.3 Å². The Balaban J connectivity index is 1.88. The van der Waals surface area contributed by atoms with Crippen molar-refractivity contribution in [2.75, 3.05) is 4.90 Å². The summed E-state index contributed by atoms with van der Waals surface area (Å²) in [7, 11) is 0. The van der Waals surface area contributed by atoms with Crippen molar-refractivity contribution < 1.29 is 9.21 Å². The molecule has 23 heavy (non-hydrogen) atoms. The summed E-state index contributed by atoms with van der Waals surface area (Å²) in [6, 6.07) is 11.9. The number of amides is 1. The fourth-order valence-electron chi connectivity index (χ4n) is 2.26. The maximum atomic E-state index is 12.3. The van der Waals surface area contributed by atoms with E-state index < -0.39 is 0 Å². The third-order valence-corrected chi connectivity index (χ3v) is 4.43. The summed E-state index contributed by atoms with van der Waals surface area (Å²) < 4.78 is 5.37. The molecule has 0 bridgehead atoms. The standard InChI is InChI=1S/C18H18N2O2S/c1-3-17(21)20(11-15-5-4-10-22-15)18-19-16(12-23-18)14-8-6-13(2)7-9-14/h4-10,12H,3,11H2,1-2H3. The molecule has 2 heterocycles. The maximum Gasteiger partial charge on any atom is 0.228 e. The third-order valence-electron chi connectivity index (χ3n) is 3.57. The van der Waals surface area contributed by atoms with Gasteiger partial charge in [-0.1, -0.05) is 36.8 Å². The minimum Gasteiger partial charge on any atom is -0.467 e. The molecule has 5 heteroatoms. The Hall–Kier alpha value is -2.40. The van der Waals surface area contributed by atoms with E-state index in [2.05, 4.69) is 24.0 Å². The molecular weight excluding hydrogens is 308 g/mol. The van der Waals surface area contributed by atoms with Gasteiger partial charge in [0.25, 0.3) is 0 Å². The Kier molecular flexibility index (Phi) is 4.57. The van der Waals surface area contributed by atoms with E-state index in [0.29, 0.717) is 18.1 Å². The van der Waals surface area contributed by atoms with E-state index in [-0.39, 0.29) is 5.91 Å². The van der Waals surface area contributed by atoms with Crippen molar-refractivity contribution in [1.82, 2.24) is 4.98 Å². The number of aromatic nitrogens is 1. The van der Waals surface area contributed by atoms with Crippen LogP contribution in [0.25, 0.3) is 11.3 Å². The number of anilines is 1. The predicted molar refractivity (Wildman–Crippen MR) is 92.5 cm³/mol. The zero-order valence-electron chi connectivity index (χ0n) is 13.2. The largest absolute Gasteiger partial charge is 0.467 e. The molecule has 4 nitrogen and oxygen atoms in total. The van der Waals surface area contributed by atoms with Crippen LogP contribution in [0.1, 0.15) is 24.7 Å². The number of furan rings is 1. The van der Waals surface area contributed by atoms with Crippen LogP contribution >= 0.6 is 11.3 Å². The minimum absolute atomic E-state index is 0.0335. The number of thiazole rings is 1. The van der Waals surface area contributed by atoms with Crippen LogP contribution in [0.2, 0.25) is 0 Å². The lowest BCUT2D eigenvalue weighted by Gasteiger charge is -2.17. The van der Waals surface area contributed by atoms with Crippen molar-refractivity contribution in [1.29, 1.82) is 0 Å². The van der Waals surface area contributed by atoms with Crippen molar-refractivity contribution in [2.45, 2.75) is 26.8 Å². The molecule has 3 rings (SSSR count). The molecule has 118 valence electrons. The summed E-state index contributed by atoms with van der Waals surface area (Å²) in [5, 5.41) is 2.68. The normalized spacial score (nSPS) is 10.7. The average Bonchev–Trinajstić information content (AvgIpc) is 3.24. The Morgan fingerprint density at radius 2 is 2.04 bits per heavy atom. The van der Waals surface area contributed by atoms with E-state index in [0.717, 1.165) is 17.0 Å². The number of carbonyl (C=O) groups excluding carboxylic acids is 1. The molecule has 0 radical (unpaired) electrons. The molecule has 0 saturated heterocycles. The Labute approximate surface area is 139 Å². The maximum absolute atomic E-state index is 12.3. The Bertz CT molecular complexity index is 776. The number of hydrogen-bond acceptors (Lipinski definition) is 4. The first kappa shape index (κ1) is 15.5. The zero-order valence-corrected chi connectivity index (χ0v) is 14.0. The quantitative estimate of drug-likeness (QED) is 0.685. The molecule has 0 aliphatic carbocycles. The molecule has 0 unspecified atom stereocenters. The van der Waals surface area contributed by atoms with Crippen molar-refractivity contribution in [3.8, 4) is 11.3 Å². The van der Waals surface area contributed by atoms with Gasteiger partial charge in [0.15, 0.2) is 5.13 Å². The monoisotopic (exact) mass is 326 g/mol.